The molecule has 3 rings (SSSR count). The van der Waals surface area contributed by atoms with Crippen LogP contribution in [0.15, 0.2) is 34.7 Å². The Morgan fingerprint density at radius 3 is 2.66 bits per heavy atom. The third kappa shape index (κ3) is 5.80. The zero-order chi connectivity index (χ0) is 20.8. The number of amides is 1. The summed E-state index contributed by atoms with van der Waals surface area (Å²) in [6.45, 7) is 8.22. The van der Waals surface area contributed by atoms with Crippen LogP contribution in [0.5, 0.6) is 0 Å². The van der Waals surface area contributed by atoms with Crippen molar-refractivity contribution in [2.24, 2.45) is 0 Å². The van der Waals surface area contributed by atoms with Crippen molar-refractivity contribution >= 4 is 11.7 Å². The number of hydrogen-bond acceptors (Lipinski definition) is 4. The Morgan fingerprint density at radius 2 is 1.97 bits per heavy atom. The summed E-state index contributed by atoms with van der Waals surface area (Å²) in [4.78, 5) is 26.4. The summed E-state index contributed by atoms with van der Waals surface area (Å²) in [5.41, 5.74) is 3.06. The van der Waals surface area contributed by atoms with Crippen LogP contribution in [0.25, 0.3) is 0 Å². The molecular weight excluding hydrogens is 364 g/mol. The van der Waals surface area contributed by atoms with Crippen molar-refractivity contribution < 1.29 is 14.0 Å². The third-order valence-electron chi connectivity index (χ3n) is 5.85. The lowest BCUT2D eigenvalue weighted by Crippen LogP contribution is -2.37. The van der Waals surface area contributed by atoms with Gasteiger partial charge in [0.1, 0.15) is 11.5 Å². The number of ketones is 1. The number of hydrogen-bond donors (Lipinski definition) is 1. The van der Waals surface area contributed by atoms with Crippen LogP contribution in [-0.4, -0.2) is 29.2 Å². The Labute approximate surface area is 173 Å². The molecule has 0 radical (unpaired) electrons. The summed E-state index contributed by atoms with van der Waals surface area (Å²) in [7, 11) is 0. The Balaban J connectivity index is 1.52. The molecule has 1 aliphatic heterocycles. The van der Waals surface area contributed by atoms with Crippen LogP contribution in [0.3, 0.4) is 0 Å². The lowest BCUT2D eigenvalue weighted by Gasteiger charge is -2.33. The lowest BCUT2D eigenvalue weighted by molar-refractivity contribution is -0.121. The molecule has 5 heteroatoms. The summed E-state index contributed by atoms with van der Waals surface area (Å²) in [5.74, 6) is 1.28. The molecule has 29 heavy (non-hydrogen) atoms. The van der Waals surface area contributed by atoms with Gasteiger partial charge in [-0.15, -0.1) is 0 Å². The van der Waals surface area contributed by atoms with E-state index in [2.05, 4.69) is 35.3 Å². The zero-order valence-electron chi connectivity index (χ0n) is 17.8. The topological polar surface area (TPSA) is 62.6 Å². The molecule has 0 saturated carbocycles. The van der Waals surface area contributed by atoms with Gasteiger partial charge in [-0.05, 0) is 57.4 Å². The molecule has 1 aromatic heterocycles. The van der Waals surface area contributed by atoms with Gasteiger partial charge in [0.15, 0.2) is 5.78 Å². The SMILES string of the molecule is CC(=O)c1cc(CCC(=O)NCc2ccccc2CN2CCCCC2C)oc1C. The van der Waals surface area contributed by atoms with Gasteiger partial charge in [-0.2, -0.15) is 0 Å². The van der Waals surface area contributed by atoms with Crippen LogP contribution in [0.2, 0.25) is 0 Å². The fraction of sp³-hybridized carbons (Fsp3) is 0.500. The second-order valence-electron chi connectivity index (χ2n) is 8.10. The Morgan fingerprint density at radius 1 is 1.21 bits per heavy atom. The van der Waals surface area contributed by atoms with E-state index in [1.807, 2.05) is 6.07 Å². The highest BCUT2D eigenvalue weighted by atomic mass is 16.3. The van der Waals surface area contributed by atoms with Gasteiger partial charge in [0.2, 0.25) is 5.91 Å². The van der Waals surface area contributed by atoms with E-state index in [9.17, 15) is 9.59 Å². The minimum Gasteiger partial charge on any atom is -0.466 e. The van der Waals surface area contributed by atoms with Crippen LogP contribution >= 0.6 is 0 Å². The molecule has 0 bridgehead atoms. The number of likely N-dealkylation sites (tertiary alicyclic amines) is 1. The van der Waals surface area contributed by atoms with E-state index in [1.165, 1.54) is 37.3 Å². The van der Waals surface area contributed by atoms with E-state index < -0.39 is 0 Å². The first kappa shape index (κ1) is 21.3. The molecule has 1 atom stereocenters. The average Bonchev–Trinajstić information content (AvgIpc) is 3.08. The van der Waals surface area contributed by atoms with Gasteiger partial charge in [0.25, 0.3) is 0 Å². The molecule has 1 N–H and O–H groups in total. The second-order valence-corrected chi connectivity index (χ2v) is 8.10. The van der Waals surface area contributed by atoms with Crippen molar-refractivity contribution in [1.82, 2.24) is 10.2 Å². The number of piperidine rings is 1. The third-order valence-corrected chi connectivity index (χ3v) is 5.85. The van der Waals surface area contributed by atoms with Crippen molar-refractivity contribution in [3.63, 3.8) is 0 Å². The highest BCUT2D eigenvalue weighted by Crippen LogP contribution is 2.21. The largest absolute Gasteiger partial charge is 0.466 e. The van der Waals surface area contributed by atoms with Gasteiger partial charge in [-0.1, -0.05) is 30.7 Å². The summed E-state index contributed by atoms with van der Waals surface area (Å²) in [6, 6.07) is 10.7. The standard InChI is InChI=1S/C24H32N2O3/c1-17-8-6-7-13-26(17)16-21-10-5-4-9-20(21)15-25-24(28)12-11-22-14-23(18(2)27)19(3)29-22/h4-5,9-10,14,17H,6-8,11-13,15-16H2,1-3H3,(H,25,28). The smallest absolute Gasteiger partial charge is 0.220 e. The van der Waals surface area contributed by atoms with Crippen molar-refractivity contribution in [2.75, 3.05) is 6.54 Å². The van der Waals surface area contributed by atoms with E-state index >= 15 is 0 Å². The predicted octanol–water partition coefficient (Wildman–Crippen LogP) is 4.41. The van der Waals surface area contributed by atoms with Gasteiger partial charge in [-0.3, -0.25) is 14.5 Å². The highest BCUT2D eigenvalue weighted by molar-refractivity contribution is 5.95. The molecule has 2 heterocycles. The first-order chi connectivity index (χ1) is 13.9. The van der Waals surface area contributed by atoms with Crippen molar-refractivity contribution in [3.05, 3.63) is 58.5 Å². The number of rotatable bonds is 8. The van der Waals surface area contributed by atoms with E-state index in [4.69, 9.17) is 4.42 Å². The van der Waals surface area contributed by atoms with E-state index in [0.29, 0.717) is 42.5 Å². The maximum atomic E-state index is 12.3. The Kier molecular flexibility index (Phi) is 7.26. The number of carbonyl (C=O) groups excluding carboxylic acids is 2. The van der Waals surface area contributed by atoms with Crippen LogP contribution in [0, 0.1) is 6.92 Å². The molecule has 2 aromatic rings. The molecule has 0 aliphatic carbocycles. The van der Waals surface area contributed by atoms with Gasteiger partial charge in [0.05, 0.1) is 5.56 Å². The number of carbonyl (C=O) groups is 2. The van der Waals surface area contributed by atoms with Gasteiger partial charge < -0.3 is 9.73 Å². The lowest BCUT2D eigenvalue weighted by atomic mass is 10.0. The van der Waals surface area contributed by atoms with E-state index in [-0.39, 0.29) is 11.7 Å². The first-order valence-corrected chi connectivity index (χ1v) is 10.6. The molecule has 1 fully saturated rings. The number of furan rings is 1. The monoisotopic (exact) mass is 396 g/mol. The van der Waals surface area contributed by atoms with Crippen LogP contribution < -0.4 is 5.32 Å². The first-order valence-electron chi connectivity index (χ1n) is 10.6. The molecule has 1 saturated heterocycles. The molecule has 1 amide bonds. The number of benzene rings is 1. The van der Waals surface area contributed by atoms with E-state index in [1.54, 1.807) is 13.0 Å². The van der Waals surface area contributed by atoms with E-state index in [0.717, 1.165) is 13.1 Å². The quantitative estimate of drug-likeness (QED) is 0.671. The summed E-state index contributed by atoms with van der Waals surface area (Å²) < 4.78 is 5.60. The minimum absolute atomic E-state index is 0.00966. The molecule has 156 valence electrons. The van der Waals surface area contributed by atoms with Gasteiger partial charge in [0, 0.05) is 32.0 Å². The normalized spacial score (nSPS) is 17.3. The zero-order valence-corrected chi connectivity index (χ0v) is 17.8. The Bertz CT molecular complexity index is 856. The number of nitrogens with zero attached hydrogens (tertiary/aromatic N) is 1. The molecule has 1 aromatic carbocycles. The molecular formula is C24H32N2O3. The van der Waals surface area contributed by atoms with Crippen LogP contribution in [0.4, 0.5) is 0 Å². The fourth-order valence-corrected chi connectivity index (χ4v) is 4.03. The summed E-state index contributed by atoms with van der Waals surface area (Å²) >= 11 is 0. The molecule has 1 aliphatic rings. The maximum absolute atomic E-state index is 12.3. The van der Waals surface area contributed by atoms with Crippen LogP contribution in [0.1, 0.15) is 72.5 Å². The fourth-order valence-electron chi connectivity index (χ4n) is 4.03. The summed E-state index contributed by atoms with van der Waals surface area (Å²) in [5, 5.41) is 3.04. The molecule has 0 spiro atoms. The van der Waals surface area contributed by atoms with Gasteiger partial charge >= 0.3 is 0 Å². The molecule has 1 unspecified atom stereocenters. The molecule has 5 nitrogen and oxygen atoms in total. The summed E-state index contributed by atoms with van der Waals surface area (Å²) in [6.07, 6.45) is 4.68. The number of aryl methyl sites for hydroxylation is 2. The highest BCUT2D eigenvalue weighted by Gasteiger charge is 2.19. The van der Waals surface area contributed by atoms with Crippen molar-refractivity contribution in [2.45, 2.75) is 72.0 Å². The average molecular weight is 397 g/mol. The van der Waals surface area contributed by atoms with Gasteiger partial charge in [-0.25, -0.2) is 0 Å². The second kappa shape index (κ2) is 9.88. The number of nitrogens with one attached hydrogen (secondary N) is 1. The maximum Gasteiger partial charge on any atom is 0.220 e. The van der Waals surface area contributed by atoms with Crippen molar-refractivity contribution in [3.8, 4) is 0 Å². The van der Waals surface area contributed by atoms with Crippen LogP contribution in [-0.2, 0) is 24.3 Å². The number of Topliss-reactive ketones (excluding diaryl/α,β-unsaturated/α-hetero) is 1. The minimum atomic E-state index is -0.0124. The Hall–Kier alpha value is -2.40. The predicted molar refractivity (Wildman–Crippen MR) is 114 cm³/mol. The van der Waals surface area contributed by atoms with Crippen molar-refractivity contribution in [1.29, 1.82) is 0 Å².